The smallest absolute Gasteiger partial charge is 0.0728 e. The van der Waals surface area contributed by atoms with Crippen molar-refractivity contribution in [3.63, 3.8) is 0 Å². The summed E-state index contributed by atoms with van der Waals surface area (Å²) in [7, 11) is 1.98. The summed E-state index contributed by atoms with van der Waals surface area (Å²) in [5.41, 5.74) is 7.58. The second-order valence-corrected chi connectivity index (χ2v) is 6.76. The molecular formula is C14H26N4. The van der Waals surface area contributed by atoms with Gasteiger partial charge in [-0.3, -0.25) is 4.68 Å². The molecule has 18 heavy (non-hydrogen) atoms. The van der Waals surface area contributed by atoms with Gasteiger partial charge >= 0.3 is 0 Å². The first-order valence-electron chi connectivity index (χ1n) is 6.98. The fourth-order valence-electron chi connectivity index (χ4n) is 3.30. The molecule has 1 aromatic heterocycles. The van der Waals surface area contributed by atoms with E-state index in [4.69, 9.17) is 5.73 Å². The van der Waals surface area contributed by atoms with E-state index in [9.17, 15) is 0 Å². The highest BCUT2D eigenvalue weighted by atomic mass is 15.4. The van der Waals surface area contributed by atoms with Gasteiger partial charge in [0.1, 0.15) is 0 Å². The molecule has 1 fully saturated rings. The van der Waals surface area contributed by atoms with Crippen molar-refractivity contribution in [3.8, 4) is 0 Å². The van der Waals surface area contributed by atoms with Crippen LogP contribution in [0.15, 0.2) is 6.20 Å². The van der Waals surface area contributed by atoms with Gasteiger partial charge in [-0.2, -0.15) is 0 Å². The summed E-state index contributed by atoms with van der Waals surface area (Å²) in [6.45, 7) is 7.81. The first kappa shape index (κ1) is 13.5. The molecule has 4 heteroatoms. The zero-order chi connectivity index (χ0) is 13.3. The fourth-order valence-corrected chi connectivity index (χ4v) is 3.30. The standard InChI is InChI=1S/C14H26N4/c1-14(2,3)11-6-5-10(8-15)12(7-11)13-9-16-17-18(13)4/h9-12H,5-8,15H2,1-4H3. The van der Waals surface area contributed by atoms with Crippen LogP contribution < -0.4 is 5.73 Å². The van der Waals surface area contributed by atoms with E-state index in [1.807, 2.05) is 17.9 Å². The molecule has 0 spiro atoms. The van der Waals surface area contributed by atoms with Gasteiger partial charge in [-0.1, -0.05) is 26.0 Å². The quantitative estimate of drug-likeness (QED) is 0.876. The minimum absolute atomic E-state index is 0.379. The van der Waals surface area contributed by atoms with Gasteiger partial charge in [0, 0.05) is 13.0 Å². The summed E-state index contributed by atoms with van der Waals surface area (Å²) in [5, 5.41) is 8.10. The Morgan fingerprint density at radius 1 is 1.39 bits per heavy atom. The van der Waals surface area contributed by atoms with E-state index in [1.54, 1.807) is 0 Å². The summed E-state index contributed by atoms with van der Waals surface area (Å²) in [6, 6.07) is 0. The van der Waals surface area contributed by atoms with Gasteiger partial charge < -0.3 is 5.73 Å². The van der Waals surface area contributed by atoms with Gasteiger partial charge in [0.15, 0.2) is 0 Å². The maximum atomic E-state index is 5.95. The molecule has 0 amide bonds. The van der Waals surface area contributed by atoms with Crippen molar-refractivity contribution < 1.29 is 0 Å². The van der Waals surface area contributed by atoms with Gasteiger partial charge in [-0.05, 0) is 43.1 Å². The maximum absolute atomic E-state index is 5.95. The molecular weight excluding hydrogens is 224 g/mol. The monoisotopic (exact) mass is 250 g/mol. The highest BCUT2D eigenvalue weighted by Crippen LogP contribution is 2.46. The van der Waals surface area contributed by atoms with Gasteiger partial charge in [0.05, 0.1) is 11.9 Å². The Labute approximate surface area is 110 Å². The number of nitrogens with zero attached hydrogens (tertiary/aromatic N) is 3. The van der Waals surface area contributed by atoms with E-state index in [2.05, 4.69) is 31.1 Å². The molecule has 0 aromatic carbocycles. The van der Waals surface area contributed by atoms with Crippen LogP contribution in [0.2, 0.25) is 0 Å². The van der Waals surface area contributed by atoms with E-state index >= 15 is 0 Å². The Hall–Kier alpha value is -0.900. The average molecular weight is 250 g/mol. The first-order valence-corrected chi connectivity index (χ1v) is 6.98. The van der Waals surface area contributed by atoms with Crippen molar-refractivity contribution in [1.29, 1.82) is 0 Å². The predicted molar refractivity (Wildman–Crippen MR) is 73.1 cm³/mol. The van der Waals surface area contributed by atoms with Crippen molar-refractivity contribution in [1.82, 2.24) is 15.0 Å². The predicted octanol–water partition coefficient (Wildman–Crippen LogP) is 2.32. The largest absolute Gasteiger partial charge is 0.330 e. The number of hydrogen-bond donors (Lipinski definition) is 1. The lowest BCUT2D eigenvalue weighted by Crippen LogP contribution is -2.34. The molecule has 1 aliphatic rings. The fraction of sp³-hybridized carbons (Fsp3) is 0.857. The molecule has 0 bridgehead atoms. The normalized spacial score (nSPS) is 29.5. The minimum Gasteiger partial charge on any atom is -0.330 e. The zero-order valence-electron chi connectivity index (χ0n) is 12.1. The third kappa shape index (κ3) is 2.58. The van der Waals surface area contributed by atoms with Crippen molar-refractivity contribution in [2.75, 3.05) is 6.54 Å². The molecule has 2 rings (SSSR count). The van der Waals surface area contributed by atoms with Crippen LogP contribution in [0.1, 0.15) is 51.6 Å². The number of rotatable bonds is 2. The molecule has 3 unspecified atom stereocenters. The lowest BCUT2D eigenvalue weighted by atomic mass is 9.65. The van der Waals surface area contributed by atoms with Crippen molar-refractivity contribution in [2.45, 2.75) is 46.0 Å². The van der Waals surface area contributed by atoms with Crippen LogP contribution in [0.5, 0.6) is 0 Å². The third-order valence-corrected chi connectivity index (χ3v) is 4.65. The topological polar surface area (TPSA) is 56.7 Å². The Bertz CT molecular complexity index is 391. The Morgan fingerprint density at radius 3 is 2.61 bits per heavy atom. The van der Waals surface area contributed by atoms with Gasteiger partial charge in [-0.15, -0.1) is 5.10 Å². The van der Waals surface area contributed by atoms with Crippen LogP contribution >= 0.6 is 0 Å². The van der Waals surface area contributed by atoms with Crippen LogP contribution in [-0.2, 0) is 7.05 Å². The van der Waals surface area contributed by atoms with E-state index in [0.29, 0.717) is 17.3 Å². The van der Waals surface area contributed by atoms with Crippen LogP contribution in [0.25, 0.3) is 0 Å². The molecule has 1 heterocycles. The Kier molecular flexibility index (Phi) is 3.76. The molecule has 1 saturated carbocycles. The van der Waals surface area contributed by atoms with Gasteiger partial charge in [-0.25, -0.2) is 0 Å². The summed E-state index contributed by atoms with van der Waals surface area (Å²) < 4.78 is 1.92. The molecule has 1 aliphatic carbocycles. The first-order chi connectivity index (χ1) is 8.43. The molecule has 2 N–H and O–H groups in total. The van der Waals surface area contributed by atoms with Crippen molar-refractivity contribution >= 4 is 0 Å². The third-order valence-electron chi connectivity index (χ3n) is 4.65. The molecule has 0 aliphatic heterocycles. The Morgan fingerprint density at radius 2 is 2.11 bits per heavy atom. The molecule has 0 saturated heterocycles. The zero-order valence-corrected chi connectivity index (χ0v) is 12.1. The highest BCUT2D eigenvalue weighted by molar-refractivity contribution is 5.08. The molecule has 0 radical (unpaired) electrons. The lowest BCUT2D eigenvalue weighted by Gasteiger charge is -2.41. The van der Waals surface area contributed by atoms with Crippen LogP contribution in [0.3, 0.4) is 0 Å². The van der Waals surface area contributed by atoms with Crippen LogP contribution in [0, 0.1) is 17.3 Å². The van der Waals surface area contributed by atoms with Crippen LogP contribution in [-0.4, -0.2) is 21.5 Å². The molecule has 4 nitrogen and oxygen atoms in total. The summed E-state index contributed by atoms with van der Waals surface area (Å²) in [5.74, 6) is 1.87. The van der Waals surface area contributed by atoms with E-state index < -0.39 is 0 Å². The number of hydrogen-bond acceptors (Lipinski definition) is 3. The minimum atomic E-state index is 0.379. The van der Waals surface area contributed by atoms with Crippen molar-refractivity contribution in [3.05, 3.63) is 11.9 Å². The van der Waals surface area contributed by atoms with Gasteiger partial charge in [0.2, 0.25) is 0 Å². The highest BCUT2D eigenvalue weighted by Gasteiger charge is 2.37. The maximum Gasteiger partial charge on any atom is 0.0728 e. The lowest BCUT2D eigenvalue weighted by molar-refractivity contribution is 0.130. The van der Waals surface area contributed by atoms with E-state index in [1.165, 1.54) is 25.0 Å². The number of nitrogens with two attached hydrogens (primary N) is 1. The van der Waals surface area contributed by atoms with Gasteiger partial charge in [0.25, 0.3) is 0 Å². The second-order valence-electron chi connectivity index (χ2n) is 6.76. The number of aromatic nitrogens is 3. The summed E-state index contributed by atoms with van der Waals surface area (Å²) in [6.07, 6.45) is 5.66. The molecule has 102 valence electrons. The summed E-state index contributed by atoms with van der Waals surface area (Å²) in [4.78, 5) is 0. The average Bonchev–Trinajstić information content (AvgIpc) is 2.73. The van der Waals surface area contributed by atoms with E-state index in [-0.39, 0.29) is 0 Å². The van der Waals surface area contributed by atoms with Crippen LogP contribution in [0.4, 0.5) is 0 Å². The van der Waals surface area contributed by atoms with Crippen molar-refractivity contribution in [2.24, 2.45) is 30.0 Å². The summed E-state index contributed by atoms with van der Waals surface area (Å²) >= 11 is 0. The number of aryl methyl sites for hydroxylation is 1. The Balaban J connectivity index is 2.21. The molecule has 1 aromatic rings. The van der Waals surface area contributed by atoms with E-state index in [0.717, 1.165) is 12.5 Å². The molecule has 3 atom stereocenters. The second kappa shape index (κ2) is 5.00. The SMILES string of the molecule is Cn1nncc1C1CC(C(C)(C)C)CCC1CN.